The van der Waals surface area contributed by atoms with Crippen LogP contribution in [0.25, 0.3) is 83.6 Å². The molecule has 0 amide bonds. The Hall–Kier alpha value is -7.09. The van der Waals surface area contributed by atoms with Crippen molar-refractivity contribution in [1.29, 1.82) is 5.26 Å². The molecule has 54 heavy (non-hydrogen) atoms. The zero-order valence-electron chi connectivity index (χ0n) is 30.4. The molecule has 7 aromatic carbocycles. The van der Waals surface area contributed by atoms with Gasteiger partial charge in [0.15, 0.2) is 5.82 Å². The summed E-state index contributed by atoms with van der Waals surface area (Å²) in [6.07, 6.45) is 0. The number of rotatable bonds is 6. The van der Waals surface area contributed by atoms with Gasteiger partial charge in [0.05, 0.1) is 39.7 Å². The first kappa shape index (κ1) is 32.8. The standard InChI is InChI=1S/C50H36N4/c1-32-12-10-18-38(24-32)41-28-40(50-52-45(36-14-6-4-7-15-36)30-46(53-50)37-16-8-5-9-17-37)29-42(39-19-11-13-35(27-39)31-51)49(41)54-47-22-20-33(2)25-43(47)44-26-34(3)21-23-48(44)54/h4-30H,1-3H3. The lowest BCUT2D eigenvalue weighted by Crippen LogP contribution is -2.03. The van der Waals surface area contributed by atoms with E-state index in [9.17, 15) is 5.26 Å². The number of benzene rings is 7. The average Bonchev–Trinajstić information content (AvgIpc) is 3.52. The van der Waals surface area contributed by atoms with E-state index in [4.69, 9.17) is 9.97 Å². The minimum atomic E-state index is 0.600. The first-order valence-corrected chi connectivity index (χ1v) is 18.2. The highest BCUT2D eigenvalue weighted by Crippen LogP contribution is 2.44. The van der Waals surface area contributed by atoms with Crippen LogP contribution in [0, 0.1) is 32.1 Å². The molecule has 0 N–H and O–H groups in total. The quantitative estimate of drug-likeness (QED) is 0.174. The zero-order valence-corrected chi connectivity index (χ0v) is 30.4. The van der Waals surface area contributed by atoms with E-state index in [1.807, 2.05) is 54.6 Å². The summed E-state index contributed by atoms with van der Waals surface area (Å²) in [7, 11) is 0. The molecule has 9 aromatic rings. The maximum absolute atomic E-state index is 10.1. The van der Waals surface area contributed by atoms with Crippen LogP contribution in [-0.2, 0) is 0 Å². The largest absolute Gasteiger partial charge is 0.308 e. The summed E-state index contributed by atoms with van der Waals surface area (Å²) in [5.74, 6) is 0.627. The van der Waals surface area contributed by atoms with E-state index < -0.39 is 0 Å². The Kier molecular flexibility index (Phi) is 8.18. The molecular formula is C50H36N4. The number of fused-ring (bicyclic) bond motifs is 3. The molecule has 9 rings (SSSR count). The number of aryl methyl sites for hydroxylation is 3. The number of aromatic nitrogens is 3. The summed E-state index contributed by atoms with van der Waals surface area (Å²) in [4.78, 5) is 10.5. The predicted octanol–water partition coefficient (Wildman–Crippen LogP) is 12.7. The zero-order chi connectivity index (χ0) is 36.8. The molecule has 0 aliphatic rings. The molecule has 0 aliphatic carbocycles. The van der Waals surface area contributed by atoms with Crippen LogP contribution in [0.4, 0.5) is 0 Å². The lowest BCUT2D eigenvalue weighted by molar-refractivity contribution is 1.16. The van der Waals surface area contributed by atoms with E-state index in [2.05, 4.69) is 141 Å². The van der Waals surface area contributed by atoms with Gasteiger partial charge in [0.1, 0.15) is 0 Å². The predicted molar refractivity (Wildman–Crippen MR) is 222 cm³/mol. The summed E-state index contributed by atoms with van der Waals surface area (Å²) in [6, 6.07) is 59.5. The molecule has 0 spiro atoms. The van der Waals surface area contributed by atoms with Gasteiger partial charge in [-0.25, -0.2) is 9.97 Å². The maximum Gasteiger partial charge on any atom is 0.160 e. The van der Waals surface area contributed by atoms with E-state index >= 15 is 0 Å². The smallest absolute Gasteiger partial charge is 0.160 e. The summed E-state index contributed by atoms with van der Waals surface area (Å²) in [6.45, 7) is 6.43. The molecule has 4 nitrogen and oxygen atoms in total. The summed E-state index contributed by atoms with van der Waals surface area (Å²) in [5.41, 5.74) is 16.1. The van der Waals surface area contributed by atoms with Crippen molar-refractivity contribution >= 4 is 21.8 Å². The van der Waals surface area contributed by atoms with Crippen molar-refractivity contribution in [3.05, 3.63) is 186 Å². The SMILES string of the molecule is Cc1cccc(-c2cc(-c3nc(-c4ccccc4)cc(-c4ccccc4)n3)cc(-c3cccc(C#N)c3)c2-n2c3ccc(C)cc3c3cc(C)ccc32)c1. The molecule has 0 unspecified atom stereocenters. The monoisotopic (exact) mass is 692 g/mol. The molecule has 0 fully saturated rings. The van der Waals surface area contributed by atoms with Crippen LogP contribution >= 0.6 is 0 Å². The van der Waals surface area contributed by atoms with Crippen molar-refractivity contribution in [2.45, 2.75) is 20.8 Å². The number of nitrogens with zero attached hydrogens (tertiary/aromatic N) is 4. The van der Waals surface area contributed by atoms with Crippen molar-refractivity contribution in [3.63, 3.8) is 0 Å². The van der Waals surface area contributed by atoms with Gasteiger partial charge >= 0.3 is 0 Å². The second kappa shape index (κ2) is 13.5. The Bertz CT molecular complexity index is 2800. The van der Waals surface area contributed by atoms with Crippen molar-refractivity contribution in [1.82, 2.24) is 14.5 Å². The molecule has 0 saturated heterocycles. The Labute approximate surface area is 315 Å². The third-order valence-corrected chi connectivity index (χ3v) is 10.2. The van der Waals surface area contributed by atoms with E-state index in [0.29, 0.717) is 11.4 Å². The van der Waals surface area contributed by atoms with Gasteiger partial charge in [-0.2, -0.15) is 5.26 Å². The van der Waals surface area contributed by atoms with Gasteiger partial charge in [-0.05, 0) is 86.5 Å². The Balaban J connectivity index is 1.43. The third kappa shape index (κ3) is 5.92. The van der Waals surface area contributed by atoms with Crippen LogP contribution in [-0.4, -0.2) is 14.5 Å². The van der Waals surface area contributed by atoms with Crippen molar-refractivity contribution in [2.75, 3.05) is 0 Å². The van der Waals surface area contributed by atoms with Crippen LogP contribution < -0.4 is 0 Å². The van der Waals surface area contributed by atoms with Gasteiger partial charge in [0, 0.05) is 38.6 Å². The second-order valence-corrected chi connectivity index (χ2v) is 14.1. The van der Waals surface area contributed by atoms with Crippen molar-refractivity contribution < 1.29 is 0 Å². The lowest BCUT2D eigenvalue weighted by atomic mass is 9.91. The van der Waals surface area contributed by atoms with Gasteiger partial charge in [0.25, 0.3) is 0 Å². The van der Waals surface area contributed by atoms with Crippen LogP contribution in [0.1, 0.15) is 22.3 Å². The normalized spacial score (nSPS) is 11.2. The number of hydrogen-bond acceptors (Lipinski definition) is 3. The van der Waals surface area contributed by atoms with E-state index in [0.717, 1.165) is 67.1 Å². The van der Waals surface area contributed by atoms with E-state index in [-0.39, 0.29) is 0 Å². The average molecular weight is 693 g/mol. The fourth-order valence-electron chi connectivity index (χ4n) is 7.60. The summed E-state index contributed by atoms with van der Waals surface area (Å²) in [5, 5.41) is 12.5. The van der Waals surface area contributed by atoms with Crippen LogP contribution in [0.3, 0.4) is 0 Å². The molecule has 4 heteroatoms. The third-order valence-electron chi connectivity index (χ3n) is 10.2. The molecule has 2 aromatic heterocycles. The van der Waals surface area contributed by atoms with Crippen molar-refractivity contribution in [3.8, 4) is 67.9 Å². The first-order valence-electron chi connectivity index (χ1n) is 18.2. The van der Waals surface area contributed by atoms with E-state index in [1.165, 1.54) is 27.5 Å². The summed E-state index contributed by atoms with van der Waals surface area (Å²) < 4.78 is 2.41. The van der Waals surface area contributed by atoms with Crippen LogP contribution in [0.5, 0.6) is 0 Å². The Morgan fingerprint density at radius 1 is 0.444 bits per heavy atom. The molecule has 0 radical (unpaired) electrons. The van der Waals surface area contributed by atoms with Crippen LogP contribution in [0.15, 0.2) is 164 Å². The highest BCUT2D eigenvalue weighted by Gasteiger charge is 2.23. The fourth-order valence-corrected chi connectivity index (χ4v) is 7.60. The topological polar surface area (TPSA) is 54.5 Å². The van der Waals surface area contributed by atoms with Gasteiger partial charge in [-0.1, -0.05) is 126 Å². The number of hydrogen-bond donors (Lipinski definition) is 0. The highest BCUT2D eigenvalue weighted by molar-refractivity contribution is 6.11. The first-order chi connectivity index (χ1) is 26.4. The molecule has 0 atom stereocenters. The molecule has 0 aliphatic heterocycles. The van der Waals surface area contributed by atoms with Gasteiger partial charge in [0.2, 0.25) is 0 Å². The summed E-state index contributed by atoms with van der Waals surface area (Å²) >= 11 is 0. The lowest BCUT2D eigenvalue weighted by Gasteiger charge is -2.21. The van der Waals surface area contributed by atoms with Crippen LogP contribution in [0.2, 0.25) is 0 Å². The Morgan fingerprint density at radius 2 is 0.944 bits per heavy atom. The molecule has 2 heterocycles. The highest BCUT2D eigenvalue weighted by atomic mass is 15.0. The molecule has 0 saturated carbocycles. The fraction of sp³-hybridized carbons (Fsp3) is 0.0600. The molecule has 256 valence electrons. The van der Waals surface area contributed by atoms with Gasteiger partial charge < -0.3 is 4.57 Å². The minimum absolute atomic E-state index is 0.600. The second-order valence-electron chi connectivity index (χ2n) is 14.1. The van der Waals surface area contributed by atoms with E-state index in [1.54, 1.807) is 0 Å². The van der Waals surface area contributed by atoms with Crippen molar-refractivity contribution in [2.24, 2.45) is 0 Å². The maximum atomic E-state index is 10.1. The molecular weight excluding hydrogens is 657 g/mol. The Morgan fingerprint density at radius 3 is 1.48 bits per heavy atom. The molecule has 0 bridgehead atoms. The van der Waals surface area contributed by atoms with Gasteiger partial charge in [-0.3, -0.25) is 0 Å². The minimum Gasteiger partial charge on any atom is -0.308 e. The van der Waals surface area contributed by atoms with Gasteiger partial charge in [-0.15, -0.1) is 0 Å². The number of nitriles is 1.